The molecule has 1 aliphatic rings. The monoisotopic (exact) mass is 283 g/mol. The molecule has 1 aromatic rings. The van der Waals surface area contributed by atoms with Crippen molar-refractivity contribution in [3.8, 4) is 0 Å². The zero-order chi connectivity index (χ0) is 14.3. The van der Waals surface area contributed by atoms with Gasteiger partial charge in [0.15, 0.2) is 9.84 Å². The van der Waals surface area contributed by atoms with Crippen molar-refractivity contribution < 1.29 is 13.2 Å². The van der Waals surface area contributed by atoms with Crippen molar-refractivity contribution in [3.05, 3.63) is 23.8 Å². The van der Waals surface area contributed by atoms with E-state index in [0.717, 1.165) is 0 Å². The van der Waals surface area contributed by atoms with Crippen LogP contribution in [0.2, 0.25) is 0 Å². The number of nitrogen functional groups attached to an aromatic ring is 1. The molecular weight excluding hydrogens is 266 g/mol. The number of rotatable bonds is 3. The molecule has 19 heavy (non-hydrogen) atoms. The molecule has 1 saturated heterocycles. The van der Waals surface area contributed by atoms with E-state index in [1.54, 1.807) is 12.1 Å². The molecule has 0 spiro atoms. The lowest BCUT2D eigenvalue weighted by Crippen LogP contribution is -2.36. The van der Waals surface area contributed by atoms with Crippen LogP contribution in [-0.4, -0.2) is 31.4 Å². The van der Waals surface area contributed by atoms with E-state index in [2.05, 4.69) is 5.32 Å². The smallest absolute Gasteiger partial charge is 0.250 e. The first-order valence-corrected chi connectivity index (χ1v) is 7.71. The molecule has 1 heterocycles. The minimum absolute atomic E-state index is 0.0442. The molecule has 1 aromatic carbocycles. The first-order chi connectivity index (χ1) is 8.71. The van der Waals surface area contributed by atoms with Crippen LogP contribution in [0.1, 0.15) is 23.7 Å². The largest absolute Gasteiger partial charge is 0.399 e. The number of anilines is 2. The Kier molecular flexibility index (Phi) is 3.17. The second-order valence-corrected chi connectivity index (χ2v) is 7.38. The summed E-state index contributed by atoms with van der Waals surface area (Å²) < 4.78 is 23.1. The number of sulfone groups is 1. The Morgan fingerprint density at radius 3 is 2.63 bits per heavy atom. The third-order valence-electron chi connectivity index (χ3n) is 3.25. The van der Waals surface area contributed by atoms with Gasteiger partial charge in [0.25, 0.3) is 5.91 Å². The molecule has 1 atom stereocenters. The molecule has 0 aromatic heterocycles. The van der Waals surface area contributed by atoms with Crippen molar-refractivity contribution in [3.63, 3.8) is 0 Å². The maximum absolute atomic E-state index is 11.6. The fraction of sp³-hybridized carbons (Fsp3) is 0.417. The first-order valence-electron chi connectivity index (χ1n) is 5.89. The highest BCUT2D eigenvalue weighted by Gasteiger charge is 2.38. The molecule has 1 amide bonds. The molecule has 0 saturated carbocycles. The molecule has 6 nitrogen and oxygen atoms in total. The summed E-state index contributed by atoms with van der Waals surface area (Å²) in [6, 6.07) is 4.77. The highest BCUT2D eigenvalue weighted by atomic mass is 32.2. The summed E-state index contributed by atoms with van der Waals surface area (Å²) in [6.07, 6.45) is 0.498. The molecule has 7 heteroatoms. The van der Waals surface area contributed by atoms with Crippen molar-refractivity contribution >= 4 is 27.1 Å². The molecule has 0 aliphatic carbocycles. The Labute approximate surface area is 112 Å². The lowest BCUT2D eigenvalue weighted by molar-refractivity contribution is 0.100. The van der Waals surface area contributed by atoms with Crippen molar-refractivity contribution in [1.82, 2.24) is 0 Å². The van der Waals surface area contributed by atoms with Crippen LogP contribution in [0.3, 0.4) is 0 Å². The van der Waals surface area contributed by atoms with Gasteiger partial charge in [-0.2, -0.15) is 0 Å². The van der Waals surface area contributed by atoms with Crippen molar-refractivity contribution in [2.24, 2.45) is 5.73 Å². The zero-order valence-corrected chi connectivity index (χ0v) is 11.5. The minimum Gasteiger partial charge on any atom is -0.399 e. The molecule has 0 bridgehead atoms. The van der Waals surface area contributed by atoms with E-state index >= 15 is 0 Å². The van der Waals surface area contributed by atoms with E-state index in [0.29, 0.717) is 17.8 Å². The molecule has 1 aliphatic heterocycles. The number of primary amides is 1. The van der Waals surface area contributed by atoms with Gasteiger partial charge in [-0.05, 0) is 31.5 Å². The number of benzene rings is 1. The van der Waals surface area contributed by atoms with E-state index in [9.17, 15) is 13.2 Å². The predicted octanol–water partition coefficient (Wildman–Crippen LogP) is 0.357. The van der Waals surface area contributed by atoms with E-state index in [4.69, 9.17) is 11.5 Å². The summed E-state index contributed by atoms with van der Waals surface area (Å²) >= 11 is 0. The van der Waals surface area contributed by atoms with Gasteiger partial charge in [-0.25, -0.2) is 8.42 Å². The van der Waals surface area contributed by atoms with Gasteiger partial charge in [-0.3, -0.25) is 4.79 Å². The number of hydrogen-bond acceptors (Lipinski definition) is 5. The van der Waals surface area contributed by atoms with Gasteiger partial charge in [-0.1, -0.05) is 0 Å². The van der Waals surface area contributed by atoms with Crippen molar-refractivity contribution in [2.45, 2.75) is 18.9 Å². The van der Waals surface area contributed by atoms with Crippen LogP contribution >= 0.6 is 0 Å². The molecule has 0 radical (unpaired) electrons. The fourth-order valence-corrected chi connectivity index (χ4v) is 4.40. The summed E-state index contributed by atoms with van der Waals surface area (Å²) in [5.74, 6) is -0.404. The molecule has 104 valence electrons. The van der Waals surface area contributed by atoms with E-state index in [-0.39, 0.29) is 17.1 Å². The van der Waals surface area contributed by atoms with Crippen LogP contribution in [0.15, 0.2) is 18.2 Å². The molecule has 5 N–H and O–H groups in total. The highest BCUT2D eigenvalue weighted by molar-refractivity contribution is 7.91. The number of carbonyl (C=O) groups excluding carboxylic acids is 1. The topological polar surface area (TPSA) is 115 Å². The Balaban J connectivity index is 2.32. The van der Waals surface area contributed by atoms with Gasteiger partial charge in [-0.15, -0.1) is 0 Å². The van der Waals surface area contributed by atoms with Crippen LogP contribution < -0.4 is 16.8 Å². The van der Waals surface area contributed by atoms with Gasteiger partial charge in [0.2, 0.25) is 0 Å². The second kappa shape index (κ2) is 4.41. The summed E-state index contributed by atoms with van der Waals surface area (Å²) in [5, 5.41) is 3.11. The van der Waals surface area contributed by atoms with Gasteiger partial charge >= 0.3 is 0 Å². The summed E-state index contributed by atoms with van der Waals surface area (Å²) in [4.78, 5) is 11.4. The standard InChI is InChI=1S/C12H17N3O3S/c1-12(4-5-19(17,18)7-12)15-10-3-2-8(13)6-9(10)11(14)16/h2-3,6,15H,4-5,7,13H2,1H3,(H2,14,16). The fourth-order valence-electron chi connectivity index (χ4n) is 2.31. The van der Waals surface area contributed by atoms with Gasteiger partial charge in [0.1, 0.15) is 0 Å². The van der Waals surface area contributed by atoms with E-state index in [1.807, 2.05) is 6.92 Å². The Bertz CT molecular complexity index is 627. The van der Waals surface area contributed by atoms with Crippen molar-refractivity contribution in [2.75, 3.05) is 22.6 Å². The average molecular weight is 283 g/mol. The third kappa shape index (κ3) is 2.98. The Morgan fingerprint density at radius 1 is 1.42 bits per heavy atom. The van der Waals surface area contributed by atoms with E-state index in [1.165, 1.54) is 6.07 Å². The number of carbonyl (C=O) groups is 1. The molecular formula is C12H17N3O3S. The number of hydrogen-bond donors (Lipinski definition) is 3. The van der Waals surface area contributed by atoms with Gasteiger partial charge < -0.3 is 16.8 Å². The SMILES string of the molecule is CC1(Nc2ccc(N)cc2C(N)=O)CCS(=O)(=O)C1. The zero-order valence-electron chi connectivity index (χ0n) is 10.6. The maximum Gasteiger partial charge on any atom is 0.250 e. The quantitative estimate of drug-likeness (QED) is 0.693. The van der Waals surface area contributed by atoms with Crippen LogP contribution in [0.5, 0.6) is 0 Å². The summed E-state index contributed by atoms with van der Waals surface area (Å²) in [7, 11) is -3.02. The minimum atomic E-state index is -3.02. The van der Waals surface area contributed by atoms with Crippen LogP contribution in [0.4, 0.5) is 11.4 Å². The van der Waals surface area contributed by atoms with E-state index < -0.39 is 21.3 Å². The number of nitrogens with one attached hydrogen (secondary N) is 1. The normalized spacial score (nSPS) is 25.1. The average Bonchev–Trinajstić information content (AvgIpc) is 2.55. The number of amides is 1. The lowest BCUT2D eigenvalue weighted by Gasteiger charge is -2.26. The Morgan fingerprint density at radius 2 is 2.11 bits per heavy atom. The van der Waals surface area contributed by atoms with Gasteiger partial charge in [0, 0.05) is 16.9 Å². The number of nitrogens with two attached hydrogens (primary N) is 2. The van der Waals surface area contributed by atoms with Crippen LogP contribution in [0, 0.1) is 0 Å². The molecule has 1 fully saturated rings. The predicted molar refractivity (Wildman–Crippen MR) is 74.7 cm³/mol. The molecule has 1 unspecified atom stereocenters. The van der Waals surface area contributed by atoms with Crippen LogP contribution in [0.25, 0.3) is 0 Å². The van der Waals surface area contributed by atoms with Crippen molar-refractivity contribution in [1.29, 1.82) is 0 Å². The highest BCUT2D eigenvalue weighted by Crippen LogP contribution is 2.29. The second-order valence-electron chi connectivity index (χ2n) is 5.20. The summed E-state index contributed by atoms with van der Waals surface area (Å²) in [5.41, 5.74) is 11.6. The third-order valence-corrected chi connectivity index (χ3v) is 5.15. The van der Waals surface area contributed by atoms with Crippen LogP contribution in [-0.2, 0) is 9.84 Å². The Hall–Kier alpha value is -1.76. The maximum atomic E-state index is 11.6. The lowest BCUT2D eigenvalue weighted by atomic mass is 10.00. The summed E-state index contributed by atoms with van der Waals surface area (Å²) in [6.45, 7) is 1.82. The first kappa shape index (κ1) is 13.7. The molecule has 2 rings (SSSR count). The van der Waals surface area contributed by atoms with Gasteiger partial charge in [0.05, 0.1) is 17.1 Å².